The van der Waals surface area contributed by atoms with Crippen molar-refractivity contribution in [2.24, 2.45) is 0 Å². The molecule has 1 aliphatic rings. The molecule has 2 heterocycles. The van der Waals surface area contributed by atoms with Gasteiger partial charge in [-0.25, -0.2) is 13.2 Å². The molecule has 0 bridgehead atoms. The topological polar surface area (TPSA) is 107 Å². The van der Waals surface area contributed by atoms with E-state index in [1.54, 1.807) is 11.0 Å². The quantitative estimate of drug-likeness (QED) is 0.539. The van der Waals surface area contributed by atoms with Crippen LogP contribution >= 0.6 is 11.3 Å². The van der Waals surface area contributed by atoms with Crippen LogP contribution in [0, 0.1) is 0 Å². The third-order valence-corrected chi connectivity index (χ3v) is 7.92. The molecule has 1 aromatic heterocycles. The highest BCUT2D eigenvalue weighted by Crippen LogP contribution is 2.20. The van der Waals surface area contributed by atoms with Gasteiger partial charge in [0, 0.05) is 39.3 Å². The zero-order valence-electron chi connectivity index (χ0n) is 19.1. The van der Waals surface area contributed by atoms with Crippen LogP contribution in [0.5, 0.6) is 0 Å². The Kier molecular flexibility index (Phi) is 10.7. The number of nitrogens with zero attached hydrogens (tertiary/aromatic N) is 2. The summed E-state index contributed by atoms with van der Waals surface area (Å²) in [6.45, 7) is 5.06. The second-order valence-electron chi connectivity index (χ2n) is 7.81. The number of carbonyl (C=O) groups is 2. The number of hydrogen-bond acceptors (Lipinski definition) is 6. The lowest BCUT2D eigenvalue weighted by molar-refractivity contribution is -0.192. The van der Waals surface area contributed by atoms with E-state index in [2.05, 4.69) is 12.2 Å². The van der Waals surface area contributed by atoms with Crippen molar-refractivity contribution >= 4 is 33.2 Å². The minimum absolute atomic E-state index is 0.0500. The van der Waals surface area contributed by atoms with Gasteiger partial charge in [-0.05, 0) is 22.9 Å². The molecule has 1 saturated heterocycles. The summed E-state index contributed by atoms with van der Waals surface area (Å²) in [6.07, 6.45) is -5.08. The van der Waals surface area contributed by atoms with Crippen molar-refractivity contribution in [2.75, 3.05) is 45.0 Å². The number of hydrogen-bond donors (Lipinski definition) is 2. The first-order chi connectivity index (χ1) is 16.4. The van der Waals surface area contributed by atoms with Gasteiger partial charge in [-0.15, -0.1) is 11.3 Å². The predicted molar refractivity (Wildman–Crippen MR) is 127 cm³/mol. The Morgan fingerprint density at radius 3 is 2.26 bits per heavy atom. The van der Waals surface area contributed by atoms with Crippen molar-refractivity contribution in [3.63, 3.8) is 0 Å². The first kappa shape index (κ1) is 28.8. The fourth-order valence-corrected chi connectivity index (χ4v) is 5.47. The zero-order valence-corrected chi connectivity index (χ0v) is 20.7. The highest BCUT2D eigenvalue weighted by molar-refractivity contribution is 7.89. The van der Waals surface area contributed by atoms with E-state index in [1.807, 2.05) is 41.8 Å². The van der Waals surface area contributed by atoms with Gasteiger partial charge in [-0.1, -0.05) is 43.3 Å². The molecule has 35 heavy (non-hydrogen) atoms. The van der Waals surface area contributed by atoms with Crippen LogP contribution in [0.25, 0.3) is 0 Å². The number of amides is 1. The molecule has 3 rings (SSSR count). The van der Waals surface area contributed by atoms with Gasteiger partial charge in [0.05, 0.1) is 10.6 Å². The third kappa shape index (κ3) is 9.24. The molecule has 1 atom stereocenters. The zero-order chi connectivity index (χ0) is 26.1. The molecule has 194 valence electrons. The number of nitrogens with one attached hydrogen (secondary N) is 1. The summed E-state index contributed by atoms with van der Waals surface area (Å²) >= 11 is 1.38. The van der Waals surface area contributed by atoms with Gasteiger partial charge < -0.3 is 15.3 Å². The number of carboxylic acid groups (broad SMARTS) is 1. The molecule has 1 fully saturated rings. The van der Waals surface area contributed by atoms with Crippen LogP contribution in [0.15, 0.2) is 47.8 Å². The van der Waals surface area contributed by atoms with Crippen molar-refractivity contribution < 1.29 is 36.3 Å². The maximum atomic E-state index is 13.0. The number of alkyl halides is 3. The minimum Gasteiger partial charge on any atom is -0.475 e. The molecule has 0 spiro atoms. The Bertz CT molecular complexity index is 1040. The fourth-order valence-electron chi connectivity index (χ4n) is 3.33. The Hall–Kier alpha value is -2.48. The number of aliphatic carboxylic acids is 1. The maximum absolute atomic E-state index is 13.0. The van der Waals surface area contributed by atoms with E-state index in [1.165, 1.54) is 15.6 Å². The third-order valence-electron chi connectivity index (χ3n) is 5.21. The number of carbonyl (C=O) groups excluding carboxylic acids is 1. The van der Waals surface area contributed by atoms with Crippen molar-refractivity contribution in [1.82, 2.24) is 14.5 Å². The number of benzene rings is 1. The molecule has 1 aliphatic heterocycles. The van der Waals surface area contributed by atoms with Crippen LogP contribution in [-0.4, -0.2) is 85.8 Å². The van der Waals surface area contributed by atoms with Gasteiger partial charge >= 0.3 is 12.1 Å². The van der Waals surface area contributed by atoms with E-state index < -0.39 is 22.2 Å². The number of rotatable bonds is 8. The summed E-state index contributed by atoms with van der Waals surface area (Å²) < 4.78 is 58.7. The predicted octanol–water partition coefficient (Wildman–Crippen LogP) is 2.86. The lowest BCUT2D eigenvalue weighted by Gasteiger charge is -2.29. The minimum atomic E-state index is -5.08. The molecule has 2 aromatic rings. The maximum Gasteiger partial charge on any atom is 0.490 e. The summed E-state index contributed by atoms with van der Waals surface area (Å²) in [6, 6.07) is 13.6. The molecule has 2 N–H and O–H groups in total. The highest BCUT2D eigenvalue weighted by atomic mass is 32.2. The average Bonchev–Trinajstić information content (AvgIpc) is 3.37. The Morgan fingerprint density at radius 2 is 1.74 bits per heavy atom. The fraction of sp³-hybridized carbons (Fsp3) is 0.455. The molecule has 1 aromatic carbocycles. The Labute approximate surface area is 206 Å². The number of piperazine rings is 1. The van der Waals surface area contributed by atoms with Crippen LogP contribution in [0.1, 0.15) is 28.1 Å². The standard InChI is InChI=1S/C20H27N3O3S2.C2HF3O2/c1-17(18-6-3-2-4-7-18)16-22(20(24)19-8-5-14-27-19)13-15-28(25,26)23-11-9-21-10-12-23;3-2(4,5)1(6)7/h2-8,14,17,21H,9-13,15-16H2,1H3;(H,6,7). The van der Waals surface area contributed by atoms with Gasteiger partial charge in [0.15, 0.2) is 0 Å². The van der Waals surface area contributed by atoms with Gasteiger partial charge in [-0.3, -0.25) is 4.79 Å². The molecule has 8 nitrogen and oxygen atoms in total. The van der Waals surface area contributed by atoms with E-state index >= 15 is 0 Å². The Balaban J connectivity index is 0.000000540. The van der Waals surface area contributed by atoms with Crippen molar-refractivity contribution in [2.45, 2.75) is 19.0 Å². The van der Waals surface area contributed by atoms with E-state index in [-0.39, 0.29) is 24.1 Å². The molecule has 0 saturated carbocycles. The van der Waals surface area contributed by atoms with Crippen LogP contribution in [0.4, 0.5) is 13.2 Å². The monoisotopic (exact) mass is 535 g/mol. The van der Waals surface area contributed by atoms with Crippen molar-refractivity contribution in [3.8, 4) is 0 Å². The number of thiophene rings is 1. The number of halogens is 3. The van der Waals surface area contributed by atoms with Gasteiger partial charge in [0.1, 0.15) is 0 Å². The summed E-state index contributed by atoms with van der Waals surface area (Å²) in [5, 5.41) is 12.2. The lowest BCUT2D eigenvalue weighted by atomic mass is 10.0. The summed E-state index contributed by atoms with van der Waals surface area (Å²) in [5.74, 6) is -2.79. The molecular formula is C22H28F3N3O5S2. The molecule has 13 heteroatoms. The second-order valence-corrected chi connectivity index (χ2v) is 10.8. The number of carboxylic acids is 1. The number of sulfonamides is 1. The molecule has 0 radical (unpaired) electrons. The summed E-state index contributed by atoms with van der Waals surface area (Å²) in [7, 11) is -3.38. The van der Waals surface area contributed by atoms with Crippen LogP contribution in [0.3, 0.4) is 0 Å². The van der Waals surface area contributed by atoms with Crippen molar-refractivity contribution in [3.05, 3.63) is 58.3 Å². The van der Waals surface area contributed by atoms with Crippen LogP contribution < -0.4 is 5.32 Å². The average molecular weight is 536 g/mol. The Morgan fingerprint density at radius 1 is 1.14 bits per heavy atom. The van der Waals surface area contributed by atoms with E-state index in [0.29, 0.717) is 37.6 Å². The first-order valence-electron chi connectivity index (χ1n) is 10.8. The van der Waals surface area contributed by atoms with E-state index in [9.17, 15) is 26.4 Å². The van der Waals surface area contributed by atoms with Gasteiger partial charge in [0.25, 0.3) is 5.91 Å². The lowest BCUT2D eigenvalue weighted by Crippen LogP contribution is -2.48. The summed E-state index contributed by atoms with van der Waals surface area (Å²) in [4.78, 5) is 24.2. The molecule has 0 aliphatic carbocycles. The normalized spacial score (nSPS) is 15.5. The van der Waals surface area contributed by atoms with Crippen LogP contribution in [0.2, 0.25) is 0 Å². The second kappa shape index (κ2) is 13.0. The van der Waals surface area contributed by atoms with Crippen molar-refractivity contribution in [1.29, 1.82) is 0 Å². The molecule has 1 amide bonds. The highest BCUT2D eigenvalue weighted by Gasteiger charge is 2.38. The summed E-state index contributed by atoms with van der Waals surface area (Å²) in [5.41, 5.74) is 1.14. The van der Waals surface area contributed by atoms with E-state index in [0.717, 1.165) is 5.56 Å². The molecule has 1 unspecified atom stereocenters. The smallest absolute Gasteiger partial charge is 0.475 e. The first-order valence-corrected chi connectivity index (χ1v) is 13.3. The molecular weight excluding hydrogens is 507 g/mol. The van der Waals surface area contributed by atoms with Gasteiger partial charge in [-0.2, -0.15) is 17.5 Å². The van der Waals surface area contributed by atoms with Crippen LogP contribution in [-0.2, 0) is 14.8 Å². The van der Waals surface area contributed by atoms with Gasteiger partial charge in [0.2, 0.25) is 10.0 Å². The van der Waals surface area contributed by atoms with E-state index in [4.69, 9.17) is 9.90 Å². The SMILES string of the molecule is CC(CN(CCS(=O)(=O)N1CCNCC1)C(=O)c1cccs1)c1ccccc1.O=C(O)C(F)(F)F. The largest absolute Gasteiger partial charge is 0.490 e.